The Kier molecular flexibility index (Phi) is 3.66. The van der Waals surface area contributed by atoms with Gasteiger partial charge in [0.15, 0.2) is 5.82 Å². The average molecular weight is 321 g/mol. The van der Waals surface area contributed by atoms with E-state index in [1.54, 1.807) is 24.5 Å². The predicted molar refractivity (Wildman–Crippen MR) is 87.9 cm³/mol. The van der Waals surface area contributed by atoms with Gasteiger partial charge >= 0.3 is 0 Å². The van der Waals surface area contributed by atoms with Crippen molar-refractivity contribution in [2.45, 2.75) is 18.9 Å². The summed E-state index contributed by atoms with van der Waals surface area (Å²) in [7, 11) is 0. The van der Waals surface area contributed by atoms with Crippen LogP contribution in [0.4, 0.5) is 5.69 Å². The van der Waals surface area contributed by atoms with Gasteiger partial charge in [-0.3, -0.25) is 4.79 Å². The molecule has 120 valence electrons. The van der Waals surface area contributed by atoms with Crippen LogP contribution in [-0.4, -0.2) is 26.1 Å². The van der Waals surface area contributed by atoms with E-state index in [1.165, 1.54) is 6.08 Å². The van der Waals surface area contributed by atoms with Crippen LogP contribution in [0.3, 0.4) is 0 Å². The van der Waals surface area contributed by atoms with E-state index in [0.717, 1.165) is 24.2 Å². The second-order valence-electron chi connectivity index (χ2n) is 5.60. The lowest BCUT2D eigenvalue weighted by molar-refractivity contribution is -0.111. The Labute approximate surface area is 138 Å². The molecule has 1 amide bonds. The molecule has 0 aliphatic heterocycles. The number of aromatic nitrogens is 4. The second-order valence-corrected chi connectivity index (χ2v) is 5.60. The molecule has 0 bridgehead atoms. The minimum atomic E-state index is -0.231. The number of hydrogen-bond acceptors (Lipinski definition) is 5. The summed E-state index contributed by atoms with van der Waals surface area (Å²) in [6.07, 6.45) is 6.82. The van der Waals surface area contributed by atoms with Crippen LogP contribution in [0.15, 0.2) is 53.2 Å². The lowest BCUT2D eigenvalue weighted by Crippen LogP contribution is -2.08. The van der Waals surface area contributed by atoms with Crippen LogP contribution in [-0.2, 0) is 4.79 Å². The highest BCUT2D eigenvalue weighted by Gasteiger charge is 2.28. The fraction of sp³-hybridized carbons (Fsp3) is 0.176. The fourth-order valence-electron chi connectivity index (χ4n) is 2.41. The Morgan fingerprint density at radius 1 is 1.29 bits per heavy atom. The van der Waals surface area contributed by atoms with Crippen LogP contribution in [0, 0.1) is 0 Å². The van der Waals surface area contributed by atoms with E-state index in [4.69, 9.17) is 4.42 Å². The van der Waals surface area contributed by atoms with Crippen LogP contribution in [0.1, 0.15) is 24.6 Å². The van der Waals surface area contributed by atoms with Crippen molar-refractivity contribution < 1.29 is 9.21 Å². The summed E-state index contributed by atoms with van der Waals surface area (Å²) in [5.74, 6) is 1.12. The number of tetrazole rings is 1. The van der Waals surface area contributed by atoms with Gasteiger partial charge < -0.3 is 9.73 Å². The van der Waals surface area contributed by atoms with Crippen LogP contribution in [0.5, 0.6) is 0 Å². The first-order chi connectivity index (χ1) is 11.8. The summed E-state index contributed by atoms with van der Waals surface area (Å²) in [6, 6.07) is 11.4. The van der Waals surface area contributed by atoms with Crippen LogP contribution < -0.4 is 5.32 Å². The first-order valence-electron chi connectivity index (χ1n) is 7.70. The van der Waals surface area contributed by atoms with Crippen molar-refractivity contribution in [3.8, 4) is 11.4 Å². The first-order valence-corrected chi connectivity index (χ1v) is 7.70. The Morgan fingerprint density at radius 2 is 2.21 bits per heavy atom. The second kappa shape index (κ2) is 6.11. The van der Waals surface area contributed by atoms with Crippen LogP contribution in [0.2, 0.25) is 0 Å². The highest BCUT2D eigenvalue weighted by atomic mass is 16.3. The monoisotopic (exact) mass is 321 g/mol. The molecule has 1 aliphatic rings. The van der Waals surface area contributed by atoms with Crippen molar-refractivity contribution in [1.82, 2.24) is 20.2 Å². The molecule has 0 spiro atoms. The number of nitrogens with one attached hydrogen (secondary N) is 1. The van der Waals surface area contributed by atoms with E-state index < -0.39 is 0 Å². The van der Waals surface area contributed by atoms with Crippen LogP contribution in [0.25, 0.3) is 17.5 Å². The number of nitrogens with zero attached hydrogens (tertiary/aromatic N) is 4. The number of carbonyl (C=O) groups is 1. The van der Waals surface area contributed by atoms with Gasteiger partial charge in [-0.15, -0.1) is 5.10 Å². The number of benzene rings is 1. The van der Waals surface area contributed by atoms with Gasteiger partial charge in [-0.25, -0.2) is 4.68 Å². The third kappa shape index (κ3) is 3.10. The highest BCUT2D eigenvalue weighted by Crippen LogP contribution is 2.36. The third-order valence-electron chi connectivity index (χ3n) is 3.72. The molecule has 1 fully saturated rings. The molecule has 7 nitrogen and oxygen atoms in total. The van der Waals surface area contributed by atoms with E-state index in [-0.39, 0.29) is 5.91 Å². The smallest absolute Gasteiger partial charge is 0.248 e. The van der Waals surface area contributed by atoms with Gasteiger partial charge in [0.2, 0.25) is 5.91 Å². The maximum absolute atomic E-state index is 12.0. The molecule has 3 aromatic rings. The van der Waals surface area contributed by atoms with Gasteiger partial charge in [0.25, 0.3) is 0 Å². The molecule has 1 saturated carbocycles. The van der Waals surface area contributed by atoms with Crippen molar-refractivity contribution >= 4 is 17.7 Å². The number of furan rings is 1. The van der Waals surface area contributed by atoms with E-state index in [9.17, 15) is 4.79 Å². The van der Waals surface area contributed by atoms with Gasteiger partial charge in [-0.1, -0.05) is 12.1 Å². The van der Waals surface area contributed by atoms with E-state index >= 15 is 0 Å². The molecule has 0 atom stereocenters. The Hall–Kier alpha value is -3.22. The molecule has 2 heterocycles. The number of amides is 1. The molecular weight excluding hydrogens is 306 g/mol. The van der Waals surface area contributed by atoms with Gasteiger partial charge in [0.1, 0.15) is 5.76 Å². The average Bonchev–Trinajstić information content (AvgIpc) is 3.11. The molecule has 2 aromatic heterocycles. The van der Waals surface area contributed by atoms with Crippen molar-refractivity contribution in [2.75, 3.05) is 5.32 Å². The van der Waals surface area contributed by atoms with Crippen molar-refractivity contribution in [2.24, 2.45) is 0 Å². The summed E-state index contributed by atoms with van der Waals surface area (Å²) in [6.45, 7) is 0. The molecule has 0 unspecified atom stereocenters. The van der Waals surface area contributed by atoms with Gasteiger partial charge in [0.05, 0.1) is 12.3 Å². The molecule has 1 N–H and O–H groups in total. The number of hydrogen-bond donors (Lipinski definition) is 1. The summed E-state index contributed by atoms with van der Waals surface area (Å²) in [4.78, 5) is 12.0. The zero-order valence-corrected chi connectivity index (χ0v) is 12.8. The topological polar surface area (TPSA) is 85.8 Å². The molecular formula is C17H15N5O2. The SMILES string of the molecule is O=C(/C=C/c1ccco1)Nc1cccc(-c2nnnn2C2CC2)c1. The summed E-state index contributed by atoms with van der Waals surface area (Å²) in [5, 5.41) is 14.7. The van der Waals surface area contributed by atoms with Crippen molar-refractivity contribution in [1.29, 1.82) is 0 Å². The number of carbonyl (C=O) groups excluding carboxylic acids is 1. The van der Waals surface area contributed by atoms with E-state index in [0.29, 0.717) is 17.5 Å². The Balaban J connectivity index is 1.50. The third-order valence-corrected chi connectivity index (χ3v) is 3.72. The zero-order valence-electron chi connectivity index (χ0n) is 12.8. The molecule has 24 heavy (non-hydrogen) atoms. The first kappa shape index (κ1) is 14.4. The maximum Gasteiger partial charge on any atom is 0.248 e. The van der Waals surface area contributed by atoms with Crippen LogP contribution >= 0.6 is 0 Å². The number of rotatable bonds is 5. The van der Waals surface area contributed by atoms with E-state index in [2.05, 4.69) is 20.8 Å². The Bertz CT molecular complexity index is 878. The summed E-state index contributed by atoms with van der Waals surface area (Å²) < 4.78 is 7.00. The minimum absolute atomic E-state index is 0.231. The van der Waals surface area contributed by atoms with Gasteiger partial charge in [-0.05, 0) is 53.6 Å². The van der Waals surface area contributed by atoms with E-state index in [1.807, 2.05) is 28.9 Å². The molecule has 1 aromatic carbocycles. The standard InChI is InChI=1S/C17H15N5O2/c23-16(9-8-15-5-2-10-24-15)18-13-4-1-3-12(11-13)17-19-20-21-22(17)14-6-7-14/h1-5,8-11,14H,6-7H2,(H,18,23)/b9-8+. The maximum atomic E-state index is 12.0. The lowest BCUT2D eigenvalue weighted by Gasteiger charge is -2.06. The quantitative estimate of drug-likeness (QED) is 0.730. The van der Waals surface area contributed by atoms with Crippen molar-refractivity contribution in [3.05, 3.63) is 54.5 Å². The molecule has 4 rings (SSSR count). The fourth-order valence-corrected chi connectivity index (χ4v) is 2.41. The predicted octanol–water partition coefficient (Wildman–Crippen LogP) is 2.92. The van der Waals surface area contributed by atoms with Gasteiger partial charge in [0, 0.05) is 17.3 Å². The number of anilines is 1. The van der Waals surface area contributed by atoms with Gasteiger partial charge in [-0.2, -0.15) is 0 Å². The normalized spacial score (nSPS) is 14.2. The molecule has 0 saturated heterocycles. The minimum Gasteiger partial charge on any atom is -0.465 e. The highest BCUT2D eigenvalue weighted by molar-refractivity contribution is 6.02. The largest absolute Gasteiger partial charge is 0.465 e. The molecule has 7 heteroatoms. The zero-order chi connectivity index (χ0) is 16.4. The van der Waals surface area contributed by atoms with Crippen molar-refractivity contribution in [3.63, 3.8) is 0 Å². The summed E-state index contributed by atoms with van der Waals surface area (Å²) >= 11 is 0. The molecule has 1 aliphatic carbocycles. The lowest BCUT2D eigenvalue weighted by atomic mass is 10.2. The molecule has 0 radical (unpaired) electrons. The summed E-state index contributed by atoms with van der Waals surface area (Å²) in [5.41, 5.74) is 1.56. The Morgan fingerprint density at radius 3 is 3.00 bits per heavy atom.